The largest absolute Gasteiger partial charge is 0.381 e. The van der Waals surface area contributed by atoms with Crippen molar-refractivity contribution >= 4 is 11.6 Å². The average molecular weight is 267 g/mol. The van der Waals surface area contributed by atoms with E-state index in [9.17, 15) is 0 Å². The van der Waals surface area contributed by atoms with E-state index in [1.165, 1.54) is 0 Å². The van der Waals surface area contributed by atoms with Crippen LogP contribution in [0.5, 0.6) is 0 Å². The number of hydrogen-bond donors (Lipinski definition) is 3. The van der Waals surface area contributed by atoms with Gasteiger partial charge in [0.1, 0.15) is 18.2 Å². The van der Waals surface area contributed by atoms with Gasteiger partial charge in [0.15, 0.2) is 5.82 Å². The topological polar surface area (TPSA) is 94.3 Å². The summed E-state index contributed by atoms with van der Waals surface area (Å²) in [7, 11) is 1.74. The van der Waals surface area contributed by atoms with E-state index in [2.05, 4.69) is 20.7 Å². The van der Waals surface area contributed by atoms with Gasteiger partial charge in [0.2, 0.25) is 0 Å². The molecule has 1 aromatic rings. The lowest BCUT2D eigenvalue weighted by atomic mass is 9.89. The standard InChI is InChI=1S/C12H21N5O2/c1-3-19-7-12-15-10(6-11(16-12)17-13)14-8-4-9(5-8)18-2/h6,8-9H,3-5,7,13H2,1-2H3,(H2,14,15,16,17). The van der Waals surface area contributed by atoms with Crippen LogP contribution in [-0.4, -0.2) is 35.8 Å². The number of rotatable bonds is 7. The van der Waals surface area contributed by atoms with Crippen LogP contribution in [0, 0.1) is 0 Å². The highest BCUT2D eigenvalue weighted by molar-refractivity contribution is 5.47. The number of hydrogen-bond acceptors (Lipinski definition) is 7. The minimum atomic E-state index is 0.356. The summed E-state index contributed by atoms with van der Waals surface area (Å²) in [6.45, 7) is 2.94. The molecule has 1 heterocycles. The second kappa shape index (κ2) is 6.65. The number of nitrogens with two attached hydrogens (primary N) is 1. The van der Waals surface area contributed by atoms with Crippen molar-refractivity contribution in [3.05, 3.63) is 11.9 Å². The summed E-state index contributed by atoms with van der Waals surface area (Å²) >= 11 is 0. The maximum atomic E-state index is 5.41. The molecule has 0 saturated heterocycles. The van der Waals surface area contributed by atoms with Gasteiger partial charge < -0.3 is 20.2 Å². The molecule has 1 aliphatic rings. The Bertz CT molecular complexity index is 409. The van der Waals surface area contributed by atoms with Crippen molar-refractivity contribution in [2.45, 2.75) is 38.5 Å². The number of hydrazine groups is 1. The van der Waals surface area contributed by atoms with Gasteiger partial charge in [-0.25, -0.2) is 15.8 Å². The minimum Gasteiger partial charge on any atom is -0.381 e. The molecular weight excluding hydrogens is 246 g/mol. The smallest absolute Gasteiger partial charge is 0.158 e. The van der Waals surface area contributed by atoms with Crippen LogP contribution < -0.4 is 16.6 Å². The molecule has 1 aliphatic carbocycles. The Hall–Kier alpha value is -1.44. The number of nitrogen functional groups attached to an aromatic ring is 1. The van der Waals surface area contributed by atoms with Crippen molar-refractivity contribution in [2.24, 2.45) is 5.84 Å². The van der Waals surface area contributed by atoms with E-state index in [0.717, 1.165) is 18.7 Å². The van der Waals surface area contributed by atoms with Crippen LogP contribution >= 0.6 is 0 Å². The molecule has 106 valence electrons. The third kappa shape index (κ3) is 3.76. The normalized spacial score (nSPS) is 21.8. The zero-order valence-corrected chi connectivity index (χ0v) is 11.3. The van der Waals surface area contributed by atoms with Gasteiger partial charge in [0.05, 0.1) is 6.10 Å². The molecule has 4 N–H and O–H groups in total. The molecule has 0 amide bonds. The van der Waals surface area contributed by atoms with E-state index in [-0.39, 0.29) is 0 Å². The van der Waals surface area contributed by atoms with Crippen LogP contribution in [0.25, 0.3) is 0 Å². The van der Waals surface area contributed by atoms with Gasteiger partial charge >= 0.3 is 0 Å². The second-order valence-electron chi connectivity index (χ2n) is 4.51. The second-order valence-corrected chi connectivity index (χ2v) is 4.51. The van der Waals surface area contributed by atoms with Crippen LogP contribution in [0.4, 0.5) is 11.6 Å². The Kier molecular flexibility index (Phi) is 4.89. The fourth-order valence-electron chi connectivity index (χ4n) is 1.99. The first-order valence-corrected chi connectivity index (χ1v) is 6.46. The molecule has 0 unspecified atom stereocenters. The van der Waals surface area contributed by atoms with E-state index in [0.29, 0.717) is 37.0 Å². The van der Waals surface area contributed by atoms with Gasteiger partial charge in [0, 0.05) is 25.8 Å². The molecule has 19 heavy (non-hydrogen) atoms. The molecule has 0 atom stereocenters. The zero-order chi connectivity index (χ0) is 13.7. The zero-order valence-electron chi connectivity index (χ0n) is 11.3. The van der Waals surface area contributed by atoms with Crippen molar-refractivity contribution in [3.8, 4) is 0 Å². The predicted octanol–water partition coefficient (Wildman–Crippen LogP) is 0.888. The van der Waals surface area contributed by atoms with Crippen molar-refractivity contribution < 1.29 is 9.47 Å². The Morgan fingerprint density at radius 3 is 2.74 bits per heavy atom. The first kappa shape index (κ1) is 14.0. The van der Waals surface area contributed by atoms with E-state index in [1.54, 1.807) is 13.2 Å². The van der Waals surface area contributed by atoms with E-state index >= 15 is 0 Å². The number of nitrogens with one attached hydrogen (secondary N) is 2. The van der Waals surface area contributed by atoms with Crippen LogP contribution in [0.3, 0.4) is 0 Å². The molecule has 7 nitrogen and oxygen atoms in total. The molecule has 1 fully saturated rings. The molecule has 0 bridgehead atoms. The highest BCUT2D eigenvalue weighted by Gasteiger charge is 2.29. The first-order chi connectivity index (χ1) is 9.25. The molecule has 0 aliphatic heterocycles. The van der Waals surface area contributed by atoms with Crippen molar-refractivity contribution in [3.63, 3.8) is 0 Å². The number of nitrogens with zero attached hydrogens (tertiary/aromatic N) is 2. The number of methoxy groups -OCH3 is 1. The summed E-state index contributed by atoms with van der Waals surface area (Å²) in [6, 6.07) is 2.18. The Morgan fingerprint density at radius 1 is 1.37 bits per heavy atom. The summed E-state index contributed by atoms with van der Waals surface area (Å²) < 4.78 is 10.6. The summed E-state index contributed by atoms with van der Waals surface area (Å²) in [5, 5.41) is 3.35. The quantitative estimate of drug-likeness (QED) is 0.499. The maximum absolute atomic E-state index is 5.41. The summed E-state index contributed by atoms with van der Waals surface area (Å²) in [5.74, 6) is 7.36. The minimum absolute atomic E-state index is 0.356. The lowest BCUT2D eigenvalue weighted by Gasteiger charge is -2.35. The van der Waals surface area contributed by atoms with Gasteiger partial charge in [-0.2, -0.15) is 0 Å². The van der Waals surface area contributed by atoms with Crippen LogP contribution in [0.2, 0.25) is 0 Å². The van der Waals surface area contributed by atoms with Crippen molar-refractivity contribution in [2.75, 3.05) is 24.5 Å². The lowest BCUT2D eigenvalue weighted by molar-refractivity contribution is 0.0327. The summed E-state index contributed by atoms with van der Waals surface area (Å²) in [6.07, 6.45) is 2.34. The van der Waals surface area contributed by atoms with E-state index in [1.807, 2.05) is 6.92 Å². The maximum Gasteiger partial charge on any atom is 0.158 e. The third-order valence-electron chi connectivity index (χ3n) is 3.14. The van der Waals surface area contributed by atoms with Crippen LogP contribution in [0.15, 0.2) is 6.07 Å². The molecule has 7 heteroatoms. The summed E-state index contributed by atoms with van der Waals surface area (Å²) in [4.78, 5) is 8.64. The first-order valence-electron chi connectivity index (χ1n) is 6.46. The van der Waals surface area contributed by atoms with Gasteiger partial charge in [-0.3, -0.25) is 0 Å². The fraction of sp³-hybridized carbons (Fsp3) is 0.667. The number of aromatic nitrogens is 2. The predicted molar refractivity (Wildman–Crippen MR) is 72.6 cm³/mol. The van der Waals surface area contributed by atoms with E-state index in [4.69, 9.17) is 15.3 Å². The molecule has 2 rings (SSSR count). The van der Waals surface area contributed by atoms with Gasteiger partial charge in [0.25, 0.3) is 0 Å². The molecule has 1 saturated carbocycles. The molecular formula is C12H21N5O2. The SMILES string of the molecule is CCOCc1nc(NN)cc(NC2CC(OC)C2)n1. The van der Waals surface area contributed by atoms with E-state index < -0.39 is 0 Å². The van der Waals surface area contributed by atoms with Crippen molar-refractivity contribution in [1.29, 1.82) is 0 Å². The highest BCUT2D eigenvalue weighted by Crippen LogP contribution is 2.26. The monoisotopic (exact) mass is 267 g/mol. The van der Waals surface area contributed by atoms with Crippen molar-refractivity contribution in [1.82, 2.24) is 9.97 Å². The van der Waals surface area contributed by atoms with Crippen LogP contribution in [0.1, 0.15) is 25.6 Å². The molecule has 1 aromatic heterocycles. The van der Waals surface area contributed by atoms with Gasteiger partial charge in [-0.15, -0.1) is 0 Å². The highest BCUT2D eigenvalue weighted by atomic mass is 16.5. The number of ether oxygens (including phenoxy) is 2. The molecule has 0 radical (unpaired) electrons. The Morgan fingerprint density at radius 2 is 2.11 bits per heavy atom. The molecule has 0 aromatic carbocycles. The van der Waals surface area contributed by atoms with Gasteiger partial charge in [-0.05, 0) is 19.8 Å². The summed E-state index contributed by atoms with van der Waals surface area (Å²) in [5.41, 5.74) is 2.54. The molecule has 0 spiro atoms. The lowest BCUT2D eigenvalue weighted by Crippen LogP contribution is -2.40. The average Bonchev–Trinajstić information content (AvgIpc) is 2.39. The Balaban J connectivity index is 1.98. The van der Waals surface area contributed by atoms with Crippen LogP contribution in [-0.2, 0) is 16.1 Å². The fourth-order valence-corrected chi connectivity index (χ4v) is 1.99. The third-order valence-corrected chi connectivity index (χ3v) is 3.14. The van der Waals surface area contributed by atoms with Gasteiger partial charge in [-0.1, -0.05) is 0 Å². The Labute approximate surface area is 112 Å². The number of anilines is 2.